The highest BCUT2D eigenvalue weighted by Gasteiger charge is 2.13. The smallest absolute Gasteiger partial charge is 0.229 e. The minimum atomic E-state index is -3.42. The molecule has 0 radical (unpaired) electrons. The SMILES string of the molecule is CS(=O)(=O)Nc1cc(O)c2c3ccccc3c3cccn3c2c1. The molecule has 0 saturated carbocycles. The van der Waals surface area contributed by atoms with E-state index in [2.05, 4.69) is 4.72 Å². The average Bonchev–Trinajstić information content (AvgIpc) is 2.95. The van der Waals surface area contributed by atoms with Crippen molar-refractivity contribution in [3.8, 4) is 5.75 Å². The van der Waals surface area contributed by atoms with Gasteiger partial charge in [0.2, 0.25) is 10.0 Å². The molecule has 0 fully saturated rings. The van der Waals surface area contributed by atoms with E-state index in [0.717, 1.165) is 28.1 Å². The summed E-state index contributed by atoms with van der Waals surface area (Å²) >= 11 is 0. The largest absolute Gasteiger partial charge is 0.507 e. The number of anilines is 1. The van der Waals surface area contributed by atoms with E-state index in [9.17, 15) is 13.5 Å². The molecule has 2 N–H and O–H groups in total. The van der Waals surface area contributed by atoms with Crippen LogP contribution in [0.5, 0.6) is 5.75 Å². The summed E-state index contributed by atoms with van der Waals surface area (Å²) < 4.78 is 27.3. The van der Waals surface area contributed by atoms with E-state index in [4.69, 9.17) is 0 Å². The van der Waals surface area contributed by atoms with E-state index in [-0.39, 0.29) is 5.75 Å². The number of hydrogen-bond donors (Lipinski definition) is 2. The van der Waals surface area contributed by atoms with Crippen LogP contribution in [-0.4, -0.2) is 24.2 Å². The molecule has 4 rings (SSSR count). The van der Waals surface area contributed by atoms with E-state index >= 15 is 0 Å². The molecule has 0 atom stereocenters. The Balaban J connectivity index is 2.20. The highest BCUT2D eigenvalue weighted by atomic mass is 32.2. The number of sulfonamides is 1. The van der Waals surface area contributed by atoms with Gasteiger partial charge in [-0.25, -0.2) is 8.42 Å². The summed E-state index contributed by atoms with van der Waals surface area (Å²) in [6.45, 7) is 0. The number of rotatable bonds is 2. The van der Waals surface area contributed by atoms with E-state index in [1.807, 2.05) is 47.0 Å². The van der Waals surface area contributed by atoms with Gasteiger partial charge in [0.15, 0.2) is 0 Å². The van der Waals surface area contributed by atoms with Gasteiger partial charge >= 0.3 is 0 Å². The third-order valence-corrected chi connectivity index (χ3v) is 4.49. The van der Waals surface area contributed by atoms with Crippen LogP contribution in [0.3, 0.4) is 0 Å². The van der Waals surface area contributed by atoms with E-state index in [0.29, 0.717) is 11.1 Å². The molecule has 0 amide bonds. The Labute approximate surface area is 132 Å². The normalized spacial score (nSPS) is 12.2. The van der Waals surface area contributed by atoms with Crippen LogP contribution >= 0.6 is 0 Å². The Morgan fingerprint density at radius 1 is 1.00 bits per heavy atom. The molecule has 6 heteroatoms. The van der Waals surface area contributed by atoms with Gasteiger partial charge in [0.25, 0.3) is 0 Å². The number of nitrogens with zero attached hydrogens (tertiary/aromatic N) is 1. The van der Waals surface area contributed by atoms with E-state index in [1.165, 1.54) is 6.07 Å². The van der Waals surface area contributed by atoms with Gasteiger partial charge in [-0.15, -0.1) is 0 Å². The summed E-state index contributed by atoms with van der Waals surface area (Å²) in [6, 6.07) is 14.9. The van der Waals surface area contributed by atoms with Crippen LogP contribution in [0.4, 0.5) is 5.69 Å². The topological polar surface area (TPSA) is 70.8 Å². The maximum absolute atomic E-state index is 11.5. The zero-order chi connectivity index (χ0) is 16.2. The Morgan fingerprint density at radius 3 is 2.48 bits per heavy atom. The Kier molecular flexibility index (Phi) is 2.80. The number of benzene rings is 2. The molecule has 0 aliphatic carbocycles. The monoisotopic (exact) mass is 326 g/mol. The molecular weight excluding hydrogens is 312 g/mol. The van der Waals surface area contributed by atoms with E-state index < -0.39 is 10.0 Å². The van der Waals surface area contributed by atoms with Crippen molar-refractivity contribution in [2.45, 2.75) is 0 Å². The van der Waals surface area contributed by atoms with Crippen molar-refractivity contribution >= 4 is 42.9 Å². The molecule has 2 aromatic carbocycles. The standard InChI is InChI=1S/C17H14N2O3S/c1-23(21,22)18-11-9-15-17(16(20)10-11)13-6-3-2-5-12(13)14-7-4-8-19(14)15/h2-10,18,20H,1H3. The van der Waals surface area contributed by atoms with Crippen LogP contribution < -0.4 is 4.72 Å². The lowest BCUT2D eigenvalue weighted by atomic mass is 10.0. The van der Waals surface area contributed by atoms with E-state index in [1.54, 1.807) is 6.07 Å². The van der Waals surface area contributed by atoms with Crippen LogP contribution in [0.25, 0.3) is 27.2 Å². The second-order valence-corrected chi connectivity index (χ2v) is 7.32. The van der Waals surface area contributed by atoms with Crippen molar-refractivity contribution in [2.24, 2.45) is 0 Å². The summed E-state index contributed by atoms with van der Waals surface area (Å²) in [5.41, 5.74) is 2.08. The maximum Gasteiger partial charge on any atom is 0.229 e. The molecule has 4 aromatic rings. The molecule has 2 heterocycles. The molecular formula is C17H14N2O3S. The van der Waals surface area contributed by atoms with Crippen LogP contribution in [0.1, 0.15) is 0 Å². The Hall–Kier alpha value is -2.73. The lowest BCUT2D eigenvalue weighted by Gasteiger charge is -2.13. The van der Waals surface area contributed by atoms with Gasteiger partial charge in [-0.2, -0.15) is 0 Å². The summed E-state index contributed by atoms with van der Waals surface area (Å²) in [7, 11) is -3.42. The fourth-order valence-electron chi connectivity index (χ4n) is 3.09. The molecule has 23 heavy (non-hydrogen) atoms. The lowest BCUT2D eigenvalue weighted by molar-refractivity contribution is 0.482. The zero-order valence-electron chi connectivity index (χ0n) is 12.3. The zero-order valence-corrected chi connectivity index (χ0v) is 13.1. The van der Waals surface area contributed by atoms with Crippen LogP contribution in [0, 0.1) is 0 Å². The first-order valence-electron chi connectivity index (χ1n) is 7.06. The molecule has 0 aliphatic rings. The minimum absolute atomic E-state index is 0.0421. The van der Waals surface area contributed by atoms with Crippen molar-refractivity contribution in [3.63, 3.8) is 0 Å². The number of aromatic nitrogens is 1. The first-order valence-corrected chi connectivity index (χ1v) is 8.95. The maximum atomic E-state index is 11.5. The summed E-state index contributed by atoms with van der Waals surface area (Å²) in [4.78, 5) is 0. The van der Waals surface area contributed by atoms with Crippen molar-refractivity contribution in [2.75, 3.05) is 11.0 Å². The Morgan fingerprint density at radius 2 is 1.74 bits per heavy atom. The van der Waals surface area contributed by atoms with Crippen molar-refractivity contribution in [1.82, 2.24) is 4.40 Å². The first kappa shape index (κ1) is 13.9. The van der Waals surface area contributed by atoms with Gasteiger partial charge in [0.05, 0.1) is 23.0 Å². The molecule has 0 bridgehead atoms. The van der Waals surface area contributed by atoms with Gasteiger partial charge in [0, 0.05) is 23.0 Å². The van der Waals surface area contributed by atoms with Crippen molar-refractivity contribution < 1.29 is 13.5 Å². The third-order valence-electron chi connectivity index (χ3n) is 3.88. The lowest BCUT2D eigenvalue weighted by Crippen LogP contribution is -2.09. The van der Waals surface area contributed by atoms with Gasteiger partial charge in [-0.3, -0.25) is 4.72 Å². The molecule has 0 unspecified atom stereocenters. The number of fused-ring (bicyclic) bond motifs is 6. The number of pyridine rings is 1. The third kappa shape index (κ3) is 2.19. The van der Waals surface area contributed by atoms with Gasteiger partial charge in [-0.05, 0) is 23.6 Å². The fourth-order valence-corrected chi connectivity index (χ4v) is 3.63. The number of hydrogen-bond acceptors (Lipinski definition) is 3. The molecule has 0 saturated heterocycles. The van der Waals surface area contributed by atoms with Crippen LogP contribution in [0.15, 0.2) is 54.7 Å². The molecule has 2 aromatic heterocycles. The first-order chi connectivity index (χ1) is 10.9. The molecule has 116 valence electrons. The summed E-state index contributed by atoms with van der Waals surface area (Å²) in [5.74, 6) is 0.0421. The second-order valence-electron chi connectivity index (χ2n) is 5.57. The van der Waals surface area contributed by atoms with Crippen LogP contribution in [-0.2, 0) is 10.0 Å². The van der Waals surface area contributed by atoms with Crippen LogP contribution in [0.2, 0.25) is 0 Å². The average molecular weight is 326 g/mol. The second kappa shape index (κ2) is 4.63. The number of nitrogens with one attached hydrogen (secondary N) is 1. The highest BCUT2D eigenvalue weighted by molar-refractivity contribution is 7.92. The number of phenols is 1. The van der Waals surface area contributed by atoms with Crippen molar-refractivity contribution in [3.05, 3.63) is 54.7 Å². The molecule has 5 nitrogen and oxygen atoms in total. The van der Waals surface area contributed by atoms with Gasteiger partial charge in [-0.1, -0.05) is 24.3 Å². The van der Waals surface area contributed by atoms with Crippen molar-refractivity contribution in [1.29, 1.82) is 0 Å². The Bertz CT molecular complexity index is 1180. The molecule has 0 spiro atoms. The highest BCUT2D eigenvalue weighted by Crippen LogP contribution is 2.37. The predicted octanol–water partition coefficient (Wildman–Crippen LogP) is 3.32. The number of phenolic OH excluding ortho intramolecular Hbond substituents is 1. The quantitative estimate of drug-likeness (QED) is 0.555. The number of aromatic hydroxyl groups is 1. The predicted molar refractivity (Wildman–Crippen MR) is 92.5 cm³/mol. The fraction of sp³-hybridized carbons (Fsp3) is 0.0588. The summed E-state index contributed by atoms with van der Waals surface area (Å²) in [6.07, 6.45) is 2.98. The minimum Gasteiger partial charge on any atom is -0.507 e. The van der Waals surface area contributed by atoms with Gasteiger partial charge < -0.3 is 9.51 Å². The van der Waals surface area contributed by atoms with Gasteiger partial charge in [0.1, 0.15) is 5.75 Å². The molecule has 0 aliphatic heterocycles. The summed E-state index contributed by atoms with van der Waals surface area (Å²) in [5, 5.41) is 13.2.